The first-order valence-electron chi connectivity index (χ1n) is 11.0. The van der Waals surface area contributed by atoms with Crippen LogP contribution in [0.3, 0.4) is 0 Å². The zero-order chi connectivity index (χ0) is 30.4. The first kappa shape index (κ1) is 30.6. The number of rotatable bonds is 8. The van der Waals surface area contributed by atoms with E-state index in [0.717, 1.165) is 54.6 Å². The van der Waals surface area contributed by atoms with Gasteiger partial charge in [0.2, 0.25) is 0 Å². The van der Waals surface area contributed by atoms with Crippen LogP contribution >= 0.6 is 0 Å². The molecule has 0 heterocycles. The van der Waals surface area contributed by atoms with Gasteiger partial charge in [0.05, 0.1) is 34.1 Å². The van der Waals surface area contributed by atoms with E-state index in [1.165, 1.54) is 0 Å². The fourth-order valence-electron chi connectivity index (χ4n) is 3.01. The van der Waals surface area contributed by atoms with Crippen molar-refractivity contribution >= 4 is 29.0 Å². The molecule has 0 aliphatic heterocycles. The van der Waals surface area contributed by atoms with Gasteiger partial charge in [-0.2, -0.15) is 39.5 Å². The molecule has 0 saturated heterocycles. The van der Waals surface area contributed by atoms with E-state index in [9.17, 15) is 49.1 Å². The lowest BCUT2D eigenvalue weighted by molar-refractivity contribution is -0.139. The molecule has 0 unspecified atom stereocenters. The van der Waals surface area contributed by atoms with E-state index in [2.05, 4.69) is 15.0 Å². The molecule has 3 rings (SSSR count). The standard InChI is InChI=1S/C25H16F9N3O4/c26-23(27,28)14-4-1-7-17(10-14)35-20(22(39)41-37-19-9-3-6-16(12-19)25(32,33)34)13-21(38)40-36-18-8-2-5-15(11-18)24(29,30)31/h1-13,35-37H/b20-13+. The minimum absolute atomic E-state index is 0.317. The molecular formula is C25H16F9N3O4. The fourth-order valence-corrected chi connectivity index (χ4v) is 3.01. The number of carbonyl (C=O) groups is 2. The highest BCUT2D eigenvalue weighted by Crippen LogP contribution is 2.33. The molecule has 0 aromatic heterocycles. The summed E-state index contributed by atoms with van der Waals surface area (Å²) in [6.45, 7) is 0. The van der Waals surface area contributed by atoms with Crippen LogP contribution < -0.4 is 16.3 Å². The van der Waals surface area contributed by atoms with Crippen LogP contribution in [0.25, 0.3) is 0 Å². The highest BCUT2D eigenvalue weighted by Gasteiger charge is 2.32. The summed E-state index contributed by atoms with van der Waals surface area (Å²) in [5, 5.41) is 2.21. The molecule has 218 valence electrons. The van der Waals surface area contributed by atoms with Gasteiger partial charge in [0.15, 0.2) is 0 Å². The van der Waals surface area contributed by atoms with Crippen LogP contribution in [0.2, 0.25) is 0 Å². The average Bonchev–Trinajstić information content (AvgIpc) is 2.89. The lowest BCUT2D eigenvalue weighted by Crippen LogP contribution is -2.21. The second-order valence-corrected chi connectivity index (χ2v) is 7.93. The number of nitrogens with one attached hydrogen (secondary N) is 3. The maximum absolute atomic E-state index is 13.1. The Labute approximate surface area is 224 Å². The minimum Gasteiger partial charge on any atom is -0.349 e. The lowest BCUT2D eigenvalue weighted by atomic mass is 10.2. The zero-order valence-electron chi connectivity index (χ0n) is 20.0. The summed E-state index contributed by atoms with van der Waals surface area (Å²) in [4.78, 5) is 34.2. The van der Waals surface area contributed by atoms with Crippen molar-refractivity contribution in [1.82, 2.24) is 0 Å². The molecule has 0 atom stereocenters. The van der Waals surface area contributed by atoms with Crippen molar-refractivity contribution in [1.29, 1.82) is 0 Å². The van der Waals surface area contributed by atoms with Gasteiger partial charge < -0.3 is 15.0 Å². The molecule has 0 bridgehead atoms. The topological polar surface area (TPSA) is 88.7 Å². The molecule has 0 fully saturated rings. The Hall–Kier alpha value is -4.89. The third-order valence-electron chi connectivity index (χ3n) is 4.86. The molecule has 3 aromatic carbocycles. The van der Waals surface area contributed by atoms with Crippen molar-refractivity contribution in [3.8, 4) is 0 Å². The molecule has 0 aliphatic carbocycles. The molecule has 0 spiro atoms. The van der Waals surface area contributed by atoms with Crippen LogP contribution in [0.4, 0.5) is 56.6 Å². The summed E-state index contributed by atoms with van der Waals surface area (Å²) in [6, 6.07) is 10.2. The van der Waals surface area contributed by atoms with Crippen molar-refractivity contribution in [3.05, 3.63) is 101 Å². The van der Waals surface area contributed by atoms with Gasteiger partial charge in [-0.3, -0.25) is 0 Å². The normalized spacial score (nSPS) is 12.4. The number of hydrogen-bond donors (Lipinski definition) is 3. The van der Waals surface area contributed by atoms with Gasteiger partial charge >= 0.3 is 30.5 Å². The van der Waals surface area contributed by atoms with Crippen molar-refractivity contribution in [2.75, 3.05) is 16.3 Å². The number of benzene rings is 3. The Morgan fingerprint density at radius 2 is 0.976 bits per heavy atom. The van der Waals surface area contributed by atoms with E-state index in [4.69, 9.17) is 0 Å². The monoisotopic (exact) mass is 593 g/mol. The summed E-state index contributed by atoms with van der Waals surface area (Å²) in [5.41, 5.74) is -1.34. The molecule has 41 heavy (non-hydrogen) atoms. The largest absolute Gasteiger partial charge is 0.416 e. The van der Waals surface area contributed by atoms with Crippen LogP contribution in [0, 0.1) is 0 Å². The summed E-state index contributed by atoms with van der Waals surface area (Å²) in [7, 11) is 0. The maximum atomic E-state index is 13.1. The molecular weight excluding hydrogens is 577 g/mol. The first-order chi connectivity index (χ1) is 19.0. The van der Waals surface area contributed by atoms with Gasteiger partial charge in [-0.25, -0.2) is 20.5 Å². The highest BCUT2D eigenvalue weighted by atomic mass is 19.4. The third kappa shape index (κ3) is 9.08. The van der Waals surface area contributed by atoms with E-state index < -0.39 is 52.9 Å². The van der Waals surface area contributed by atoms with E-state index in [1.54, 1.807) is 0 Å². The number of hydrogen-bond acceptors (Lipinski definition) is 7. The summed E-state index contributed by atoms with van der Waals surface area (Å²) in [5.74, 6) is -2.91. The maximum Gasteiger partial charge on any atom is 0.416 e. The van der Waals surface area contributed by atoms with Crippen molar-refractivity contribution < 1.29 is 58.8 Å². The number of carbonyl (C=O) groups excluding carboxylic acids is 2. The van der Waals surface area contributed by atoms with Crippen LogP contribution in [0.5, 0.6) is 0 Å². The highest BCUT2D eigenvalue weighted by molar-refractivity contribution is 5.99. The number of anilines is 3. The number of alkyl halides is 9. The van der Waals surface area contributed by atoms with Gasteiger partial charge in [-0.05, 0) is 54.6 Å². The van der Waals surface area contributed by atoms with Gasteiger partial charge in [-0.1, -0.05) is 18.2 Å². The molecule has 0 radical (unpaired) electrons. The second kappa shape index (κ2) is 12.1. The molecule has 3 aromatic rings. The van der Waals surface area contributed by atoms with Gasteiger partial charge in [0.25, 0.3) is 0 Å². The Morgan fingerprint density at radius 1 is 0.585 bits per heavy atom. The Balaban J connectivity index is 1.81. The quantitative estimate of drug-likeness (QED) is 0.145. The minimum atomic E-state index is -4.78. The summed E-state index contributed by atoms with van der Waals surface area (Å²) in [6.07, 6.45) is -13.8. The molecule has 0 saturated carbocycles. The fraction of sp³-hybridized carbons (Fsp3) is 0.120. The van der Waals surface area contributed by atoms with Crippen LogP contribution in [-0.4, -0.2) is 11.9 Å². The van der Waals surface area contributed by atoms with Crippen LogP contribution in [-0.2, 0) is 37.8 Å². The SMILES string of the molecule is O=C(/C=C(/Nc1cccc(C(F)(F)F)c1)C(=O)ONc1cccc(C(F)(F)F)c1)ONc1cccc(C(F)(F)F)c1. The third-order valence-corrected chi connectivity index (χ3v) is 4.86. The van der Waals surface area contributed by atoms with E-state index in [0.29, 0.717) is 24.3 Å². The van der Waals surface area contributed by atoms with Crippen molar-refractivity contribution in [3.63, 3.8) is 0 Å². The predicted octanol–water partition coefficient (Wildman–Crippen LogP) is 7.18. The summed E-state index contributed by atoms with van der Waals surface area (Å²) >= 11 is 0. The Bertz CT molecular complexity index is 1430. The molecule has 16 heteroatoms. The number of halogens is 9. The van der Waals surface area contributed by atoms with E-state index in [-0.39, 0.29) is 17.1 Å². The molecule has 0 amide bonds. The Morgan fingerprint density at radius 3 is 1.41 bits per heavy atom. The smallest absolute Gasteiger partial charge is 0.349 e. The summed E-state index contributed by atoms with van der Waals surface area (Å²) < 4.78 is 117. The van der Waals surface area contributed by atoms with Gasteiger partial charge in [0.1, 0.15) is 5.70 Å². The van der Waals surface area contributed by atoms with Crippen LogP contribution in [0.15, 0.2) is 84.6 Å². The molecule has 0 aliphatic rings. The zero-order valence-corrected chi connectivity index (χ0v) is 20.0. The van der Waals surface area contributed by atoms with Gasteiger partial charge in [-0.15, -0.1) is 0 Å². The molecule has 7 nitrogen and oxygen atoms in total. The lowest BCUT2D eigenvalue weighted by Gasteiger charge is -2.14. The predicted molar refractivity (Wildman–Crippen MR) is 125 cm³/mol. The van der Waals surface area contributed by atoms with Crippen molar-refractivity contribution in [2.45, 2.75) is 18.5 Å². The van der Waals surface area contributed by atoms with Crippen molar-refractivity contribution in [2.24, 2.45) is 0 Å². The average molecular weight is 593 g/mol. The van der Waals surface area contributed by atoms with Gasteiger partial charge in [0, 0.05) is 5.69 Å². The van der Waals surface area contributed by atoms with Crippen LogP contribution in [0.1, 0.15) is 16.7 Å². The van der Waals surface area contributed by atoms with E-state index >= 15 is 0 Å². The first-order valence-corrected chi connectivity index (χ1v) is 11.0. The second-order valence-electron chi connectivity index (χ2n) is 7.93. The Kier molecular flexibility index (Phi) is 9.04. The molecule has 3 N–H and O–H groups in total. The van der Waals surface area contributed by atoms with E-state index in [1.807, 2.05) is 11.0 Å².